The van der Waals surface area contributed by atoms with Crippen LogP contribution in [-0.4, -0.2) is 62.3 Å². The van der Waals surface area contributed by atoms with Gasteiger partial charge < -0.3 is 31.0 Å². The number of halogens is 2. The molecule has 2 aliphatic heterocycles. The number of nitrogens with zero attached hydrogens (tertiary/aromatic N) is 1. The van der Waals surface area contributed by atoms with E-state index in [1.807, 2.05) is 0 Å². The molecule has 0 spiro atoms. The highest BCUT2D eigenvalue weighted by atomic mass is 19.1. The van der Waals surface area contributed by atoms with Gasteiger partial charge in [-0.05, 0) is 18.6 Å². The third kappa shape index (κ3) is 5.13. The second kappa shape index (κ2) is 10.4. The van der Waals surface area contributed by atoms with E-state index in [1.54, 1.807) is 11.9 Å². The van der Waals surface area contributed by atoms with E-state index in [0.29, 0.717) is 31.8 Å². The van der Waals surface area contributed by atoms with Crippen LogP contribution >= 0.6 is 0 Å². The van der Waals surface area contributed by atoms with Crippen molar-refractivity contribution in [3.63, 3.8) is 0 Å². The molecule has 3 rings (SSSR count). The first-order chi connectivity index (χ1) is 15.3. The van der Waals surface area contributed by atoms with Crippen molar-refractivity contribution in [2.45, 2.75) is 25.8 Å². The molecule has 0 radical (unpaired) electrons. The maximum Gasteiger partial charge on any atom is 0.219 e. The van der Waals surface area contributed by atoms with E-state index in [2.05, 4.69) is 16.0 Å². The molecular formula is C22H28F2N6O2. The average Bonchev–Trinajstić information content (AvgIpc) is 3.28. The van der Waals surface area contributed by atoms with E-state index >= 15 is 4.39 Å². The number of amidine groups is 1. The minimum atomic E-state index is -0.904. The Kier molecular flexibility index (Phi) is 7.57. The number of amides is 1. The topological polar surface area (TPSA) is 113 Å². The number of hydrogen-bond acceptors (Lipinski definition) is 6. The highest BCUT2D eigenvalue weighted by Gasteiger charge is 2.27. The van der Waals surface area contributed by atoms with E-state index in [0.717, 1.165) is 24.4 Å². The summed E-state index contributed by atoms with van der Waals surface area (Å²) in [6.07, 6.45) is 3.56. The Balaban J connectivity index is 1.92. The molecule has 1 aromatic rings. The maximum atomic E-state index is 15.2. The van der Waals surface area contributed by atoms with Gasteiger partial charge in [0.05, 0.1) is 30.4 Å². The summed E-state index contributed by atoms with van der Waals surface area (Å²) >= 11 is 0. The maximum absolute atomic E-state index is 15.2. The van der Waals surface area contributed by atoms with Crippen LogP contribution < -0.4 is 16.0 Å². The van der Waals surface area contributed by atoms with Crippen molar-refractivity contribution in [3.8, 4) is 0 Å². The monoisotopic (exact) mass is 446 g/mol. The zero-order chi connectivity index (χ0) is 23.3. The standard InChI is InChI=1S/C22H28F2N6O2/c1-13(31)30-7-5-18(28-15-6-8-32-12-15)16(11-30)22(26)29-19-4-3-17(23)20(21(19)24)14(9-25)10-27-2/h3-4,9-10,15,25,27-28H,5-8,11-12H2,1-2H3,(H2,26,29)/b14-10+,25-9?. The minimum absolute atomic E-state index is 0.0286. The fourth-order valence-corrected chi connectivity index (χ4v) is 3.78. The number of hydrogen-bond donors (Lipinski definition) is 5. The molecule has 10 heteroatoms. The van der Waals surface area contributed by atoms with Crippen molar-refractivity contribution < 1.29 is 18.3 Å². The largest absolute Gasteiger partial charge is 0.393 e. The summed E-state index contributed by atoms with van der Waals surface area (Å²) in [4.78, 5) is 13.5. The van der Waals surface area contributed by atoms with Gasteiger partial charge in [0, 0.05) is 62.8 Å². The Bertz CT molecular complexity index is 969. The molecule has 0 saturated carbocycles. The lowest BCUT2D eigenvalue weighted by molar-refractivity contribution is -0.128. The number of ether oxygens (including phenoxy) is 1. The summed E-state index contributed by atoms with van der Waals surface area (Å²) in [5.41, 5.74) is 0.930. The van der Waals surface area contributed by atoms with E-state index in [1.165, 1.54) is 19.2 Å². The highest BCUT2D eigenvalue weighted by Crippen LogP contribution is 2.28. The molecule has 32 heavy (non-hydrogen) atoms. The molecule has 2 heterocycles. The average molecular weight is 447 g/mol. The number of allylic oxidation sites excluding steroid dienone is 1. The van der Waals surface area contributed by atoms with Gasteiger partial charge in [-0.2, -0.15) is 0 Å². The van der Waals surface area contributed by atoms with Gasteiger partial charge in [0.1, 0.15) is 11.7 Å². The van der Waals surface area contributed by atoms with Crippen molar-refractivity contribution in [1.29, 1.82) is 10.8 Å². The molecule has 1 fully saturated rings. The van der Waals surface area contributed by atoms with Crippen molar-refractivity contribution in [2.75, 3.05) is 38.7 Å². The van der Waals surface area contributed by atoms with Crippen LogP contribution in [0.4, 0.5) is 14.5 Å². The van der Waals surface area contributed by atoms with Crippen molar-refractivity contribution >= 4 is 29.2 Å². The summed E-state index contributed by atoms with van der Waals surface area (Å²) in [5.74, 6) is -1.91. The molecule has 1 unspecified atom stereocenters. The molecule has 5 N–H and O–H groups in total. The van der Waals surface area contributed by atoms with Crippen LogP contribution in [0, 0.1) is 22.5 Å². The van der Waals surface area contributed by atoms with Gasteiger partial charge in [0.15, 0.2) is 5.82 Å². The normalized spacial score (nSPS) is 19.1. The first-order valence-electron chi connectivity index (χ1n) is 10.4. The molecule has 1 aromatic carbocycles. The number of rotatable bonds is 7. The smallest absolute Gasteiger partial charge is 0.219 e. The third-order valence-corrected chi connectivity index (χ3v) is 5.49. The lowest BCUT2D eigenvalue weighted by Gasteiger charge is -2.32. The van der Waals surface area contributed by atoms with Crippen LogP contribution in [0.15, 0.2) is 29.6 Å². The fourth-order valence-electron chi connectivity index (χ4n) is 3.78. The Morgan fingerprint density at radius 2 is 2.12 bits per heavy atom. The molecular weight excluding hydrogens is 418 g/mol. The van der Waals surface area contributed by atoms with Gasteiger partial charge >= 0.3 is 0 Å². The number of nitrogens with one attached hydrogen (secondary N) is 5. The Labute approximate surface area is 185 Å². The van der Waals surface area contributed by atoms with Gasteiger partial charge in [-0.1, -0.05) is 0 Å². The number of carbonyl (C=O) groups is 1. The highest BCUT2D eigenvalue weighted by molar-refractivity contribution is 6.10. The van der Waals surface area contributed by atoms with Gasteiger partial charge in [-0.15, -0.1) is 0 Å². The summed E-state index contributed by atoms with van der Waals surface area (Å²) < 4.78 is 34.9. The Morgan fingerprint density at radius 3 is 2.75 bits per heavy atom. The van der Waals surface area contributed by atoms with E-state index < -0.39 is 11.6 Å². The molecule has 2 aliphatic rings. The third-order valence-electron chi connectivity index (χ3n) is 5.49. The first kappa shape index (κ1) is 23.4. The molecule has 0 aromatic heterocycles. The molecule has 172 valence electrons. The second-order valence-electron chi connectivity index (χ2n) is 7.67. The Hall–Kier alpha value is -3.27. The molecule has 0 aliphatic carbocycles. The van der Waals surface area contributed by atoms with Crippen LogP contribution in [0.2, 0.25) is 0 Å². The lowest BCUT2D eigenvalue weighted by atomic mass is 10.0. The molecule has 1 atom stereocenters. The molecule has 1 saturated heterocycles. The Morgan fingerprint density at radius 1 is 1.34 bits per heavy atom. The molecule has 0 bridgehead atoms. The van der Waals surface area contributed by atoms with Crippen LogP contribution in [0.1, 0.15) is 25.3 Å². The summed E-state index contributed by atoms with van der Waals surface area (Å²) in [5, 5.41) is 24.9. The predicted molar refractivity (Wildman–Crippen MR) is 120 cm³/mol. The molecule has 8 nitrogen and oxygen atoms in total. The van der Waals surface area contributed by atoms with Gasteiger partial charge in [-0.3, -0.25) is 10.2 Å². The SMILES string of the molecule is CN/C=C(\C=N)c1c(F)ccc(NC(=N)C2=C(NC3CCOC3)CCN(C(C)=O)C2)c1F. The summed E-state index contributed by atoms with van der Waals surface area (Å²) in [7, 11) is 1.57. The minimum Gasteiger partial charge on any atom is -0.393 e. The fraction of sp³-hybridized carbons (Fsp3) is 0.409. The lowest BCUT2D eigenvalue weighted by Crippen LogP contribution is -2.42. The van der Waals surface area contributed by atoms with Crippen LogP contribution in [0.5, 0.6) is 0 Å². The number of carbonyl (C=O) groups excluding carboxylic acids is 1. The van der Waals surface area contributed by atoms with Crippen molar-refractivity contribution in [2.24, 2.45) is 0 Å². The van der Waals surface area contributed by atoms with E-state index in [9.17, 15) is 9.18 Å². The zero-order valence-corrected chi connectivity index (χ0v) is 18.1. The van der Waals surface area contributed by atoms with Crippen molar-refractivity contribution in [1.82, 2.24) is 15.5 Å². The second-order valence-corrected chi connectivity index (χ2v) is 7.67. The van der Waals surface area contributed by atoms with Crippen LogP contribution in [0.25, 0.3) is 5.57 Å². The van der Waals surface area contributed by atoms with Gasteiger partial charge in [0.2, 0.25) is 5.91 Å². The van der Waals surface area contributed by atoms with Crippen molar-refractivity contribution in [3.05, 3.63) is 46.8 Å². The van der Waals surface area contributed by atoms with Gasteiger partial charge in [-0.25, -0.2) is 8.78 Å². The predicted octanol–water partition coefficient (Wildman–Crippen LogP) is 2.45. The quantitative estimate of drug-likeness (QED) is 0.326. The number of benzene rings is 1. The number of anilines is 1. The zero-order valence-electron chi connectivity index (χ0n) is 18.1. The van der Waals surface area contributed by atoms with Crippen LogP contribution in [-0.2, 0) is 9.53 Å². The first-order valence-corrected chi connectivity index (χ1v) is 10.4. The summed E-state index contributed by atoms with van der Waals surface area (Å²) in [6, 6.07) is 2.42. The van der Waals surface area contributed by atoms with E-state index in [-0.39, 0.29) is 41.2 Å². The van der Waals surface area contributed by atoms with Gasteiger partial charge in [0.25, 0.3) is 0 Å². The summed E-state index contributed by atoms with van der Waals surface area (Å²) in [6.45, 7) is 3.42. The van der Waals surface area contributed by atoms with E-state index in [4.69, 9.17) is 15.6 Å². The van der Waals surface area contributed by atoms with Crippen LogP contribution in [0.3, 0.4) is 0 Å². The molecule has 1 amide bonds.